The Balaban J connectivity index is 1.44. The quantitative estimate of drug-likeness (QED) is 0.733. The second-order valence-electron chi connectivity index (χ2n) is 5.11. The van der Waals surface area contributed by atoms with E-state index >= 15 is 0 Å². The fourth-order valence-electron chi connectivity index (χ4n) is 2.56. The molecule has 4 heterocycles. The lowest BCUT2D eigenvalue weighted by molar-refractivity contribution is 0.0903. The third kappa shape index (κ3) is 2.26. The smallest absolute Gasteiger partial charge is 0.290 e. The van der Waals surface area contributed by atoms with Gasteiger partial charge in [-0.3, -0.25) is 4.79 Å². The third-order valence-corrected chi connectivity index (χ3v) is 3.66. The molecule has 0 spiro atoms. The first-order valence-electron chi connectivity index (χ1n) is 6.93. The van der Waals surface area contributed by atoms with Gasteiger partial charge in [0.25, 0.3) is 5.91 Å². The summed E-state index contributed by atoms with van der Waals surface area (Å²) in [4.78, 5) is 14.1. The SMILES string of the molecule is O=C(NC1CCN(c2ccc3nncn3n2)C1)c1ccno1. The van der Waals surface area contributed by atoms with Crippen LogP contribution in [0.3, 0.4) is 0 Å². The lowest BCUT2D eigenvalue weighted by atomic mass is 10.2. The summed E-state index contributed by atoms with van der Waals surface area (Å²) in [5.41, 5.74) is 0.707. The largest absolute Gasteiger partial charge is 0.353 e. The first-order chi connectivity index (χ1) is 10.8. The van der Waals surface area contributed by atoms with E-state index in [1.165, 1.54) is 6.20 Å². The van der Waals surface area contributed by atoms with Crippen LogP contribution in [0.2, 0.25) is 0 Å². The Hall–Kier alpha value is -2.97. The van der Waals surface area contributed by atoms with Crippen molar-refractivity contribution < 1.29 is 9.32 Å². The van der Waals surface area contributed by atoms with Crippen molar-refractivity contribution in [2.75, 3.05) is 18.0 Å². The number of carbonyl (C=O) groups is 1. The molecule has 112 valence electrons. The fourth-order valence-corrected chi connectivity index (χ4v) is 2.56. The van der Waals surface area contributed by atoms with Crippen LogP contribution in [-0.4, -0.2) is 50.0 Å². The van der Waals surface area contributed by atoms with E-state index in [1.807, 2.05) is 12.1 Å². The second-order valence-corrected chi connectivity index (χ2v) is 5.11. The Morgan fingerprint density at radius 2 is 2.32 bits per heavy atom. The molecule has 22 heavy (non-hydrogen) atoms. The molecule has 3 aromatic heterocycles. The molecular formula is C13H13N7O2. The molecule has 9 nitrogen and oxygen atoms in total. The Kier molecular flexibility index (Phi) is 2.95. The van der Waals surface area contributed by atoms with Gasteiger partial charge in [0.2, 0.25) is 5.76 Å². The monoisotopic (exact) mass is 299 g/mol. The zero-order valence-electron chi connectivity index (χ0n) is 11.6. The van der Waals surface area contributed by atoms with E-state index in [9.17, 15) is 4.79 Å². The first kappa shape index (κ1) is 12.7. The number of amides is 1. The summed E-state index contributed by atoms with van der Waals surface area (Å²) in [7, 11) is 0. The summed E-state index contributed by atoms with van der Waals surface area (Å²) < 4.78 is 6.49. The molecule has 4 rings (SSSR count). The number of aromatic nitrogens is 5. The van der Waals surface area contributed by atoms with Crippen LogP contribution in [-0.2, 0) is 0 Å². The minimum absolute atomic E-state index is 0.0519. The highest BCUT2D eigenvalue weighted by Gasteiger charge is 2.26. The molecule has 3 aromatic rings. The number of carbonyl (C=O) groups excluding carboxylic acids is 1. The summed E-state index contributed by atoms with van der Waals surface area (Å²) >= 11 is 0. The number of anilines is 1. The molecule has 1 saturated heterocycles. The van der Waals surface area contributed by atoms with Crippen LogP contribution in [0.5, 0.6) is 0 Å². The van der Waals surface area contributed by atoms with Crippen LogP contribution in [0.15, 0.2) is 35.2 Å². The normalized spacial score (nSPS) is 18.0. The van der Waals surface area contributed by atoms with Crippen LogP contribution >= 0.6 is 0 Å². The molecule has 1 aliphatic rings. The van der Waals surface area contributed by atoms with Crippen LogP contribution < -0.4 is 10.2 Å². The van der Waals surface area contributed by atoms with Gasteiger partial charge in [-0.05, 0) is 18.6 Å². The second kappa shape index (κ2) is 5.10. The molecule has 0 saturated carbocycles. The average Bonchev–Trinajstić information content (AvgIpc) is 3.27. The Morgan fingerprint density at radius 3 is 3.18 bits per heavy atom. The van der Waals surface area contributed by atoms with E-state index in [0.29, 0.717) is 12.2 Å². The van der Waals surface area contributed by atoms with Crippen molar-refractivity contribution in [1.82, 2.24) is 30.3 Å². The first-order valence-corrected chi connectivity index (χ1v) is 6.93. The van der Waals surface area contributed by atoms with Crippen LogP contribution in [0.25, 0.3) is 5.65 Å². The van der Waals surface area contributed by atoms with Crippen molar-refractivity contribution in [3.05, 3.63) is 36.5 Å². The molecule has 1 amide bonds. The lowest BCUT2D eigenvalue weighted by Gasteiger charge is -2.17. The highest BCUT2D eigenvalue weighted by Crippen LogP contribution is 2.18. The van der Waals surface area contributed by atoms with E-state index in [0.717, 1.165) is 18.8 Å². The van der Waals surface area contributed by atoms with Gasteiger partial charge in [0.05, 0.1) is 6.20 Å². The van der Waals surface area contributed by atoms with Gasteiger partial charge >= 0.3 is 0 Å². The van der Waals surface area contributed by atoms with Crippen LogP contribution in [0.1, 0.15) is 17.0 Å². The standard InChI is InChI=1S/C13H13N7O2/c21-13(10-3-5-15-22-10)16-9-4-6-19(7-9)12-2-1-11-17-14-8-20(11)18-12/h1-3,5,8-9H,4,6-7H2,(H,16,21). The summed E-state index contributed by atoms with van der Waals surface area (Å²) in [6.07, 6.45) is 3.87. The van der Waals surface area contributed by atoms with Gasteiger partial charge in [-0.2, -0.15) is 4.52 Å². The topological polar surface area (TPSA) is 101 Å². The van der Waals surface area contributed by atoms with Crippen molar-refractivity contribution in [2.24, 2.45) is 0 Å². The number of nitrogens with zero attached hydrogens (tertiary/aromatic N) is 6. The van der Waals surface area contributed by atoms with Crippen LogP contribution in [0.4, 0.5) is 5.82 Å². The minimum Gasteiger partial charge on any atom is -0.353 e. The number of rotatable bonds is 3. The van der Waals surface area contributed by atoms with E-state index in [4.69, 9.17) is 4.52 Å². The summed E-state index contributed by atoms with van der Waals surface area (Å²) in [5.74, 6) is 0.817. The van der Waals surface area contributed by atoms with Gasteiger partial charge in [0, 0.05) is 25.2 Å². The molecule has 0 aromatic carbocycles. The molecule has 9 heteroatoms. The van der Waals surface area contributed by atoms with Gasteiger partial charge in [-0.1, -0.05) is 5.16 Å². The average molecular weight is 299 g/mol. The summed E-state index contributed by atoms with van der Waals surface area (Å²) in [6.45, 7) is 1.52. The van der Waals surface area contributed by atoms with Crippen molar-refractivity contribution in [3.63, 3.8) is 0 Å². The maximum absolute atomic E-state index is 11.9. The van der Waals surface area contributed by atoms with Gasteiger partial charge in [-0.25, -0.2) is 0 Å². The molecule has 1 atom stereocenters. The van der Waals surface area contributed by atoms with Crippen molar-refractivity contribution in [3.8, 4) is 0 Å². The molecule has 1 N–H and O–H groups in total. The number of fused-ring (bicyclic) bond motifs is 1. The zero-order chi connectivity index (χ0) is 14.9. The van der Waals surface area contributed by atoms with E-state index in [1.54, 1.807) is 16.9 Å². The van der Waals surface area contributed by atoms with Gasteiger partial charge < -0.3 is 14.7 Å². The third-order valence-electron chi connectivity index (χ3n) is 3.66. The molecule has 0 radical (unpaired) electrons. The molecule has 0 bridgehead atoms. The lowest BCUT2D eigenvalue weighted by Crippen LogP contribution is -2.37. The van der Waals surface area contributed by atoms with Gasteiger partial charge in [0.15, 0.2) is 5.65 Å². The zero-order valence-corrected chi connectivity index (χ0v) is 11.6. The predicted octanol–water partition coefficient (Wildman–Crippen LogP) is 0.121. The van der Waals surface area contributed by atoms with Crippen molar-refractivity contribution >= 4 is 17.4 Å². The Labute approximate surface area is 124 Å². The molecule has 1 aliphatic heterocycles. The number of hydrogen-bond donors (Lipinski definition) is 1. The predicted molar refractivity (Wildman–Crippen MR) is 75.4 cm³/mol. The van der Waals surface area contributed by atoms with Crippen LogP contribution in [0, 0.1) is 0 Å². The number of hydrogen-bond acceptors (Lipinski definition) is 7. The van der Waals surface area contributed by atoms with E-state index in [-0.39, 0.29) is 17.7 Å². The van der Waals surface area contributed by atoms with Crippen molar-refractivity contribution in [1.29, 1.82) is 0 Å². The van der Waals surface area contributed by atoms with Crippen molar-refractivity contribution in [2.45, 2.75) is 12.5 Å². The Morgan fingerprint density at radius 1 is 1.36 bits per heavy atom. The molecule has 0 aliphatic carbocycles. The Bertz CT molecular complexity index is 798. The van der Waals surface area contributed by atoms with E-state index in [2.05, 4.69) is 30.7 Å². The minimum atomic E-state index is -0.244. The molecule has 1 fully saturated rings. The van der Waals surface area contributed by atoms with E-state index < -0.39 is 0 Å². The number of nitrogens with one attached hydrogen (secondary N) is 1. The maximum atomic E-state index is 11.9. The summed E-state index contributed by atoms with van der Waals surface area (Å²) in [5, 5.41) is 18.7. The van der Waals surface area contributed by atoms with Gasteiger partial charge in [0.1, 0.15) is 12.1 Å². The fraction of sp³-hybridized carbons (Fsp3) is 0.308. The molecule has 1 unspecified atom stereocenters. The highest BCUT2D eigenvalue weighted by atomic mass is 16.5. The highest BCUT2D eigenvalue weighted by molar-refractivity contribution is 5.91. The maximum Gasteiger partial charge on any atom is 0.290 e. The molecular weight excluding hydrogens is 286 g/mol. The van der Waals surface area contributed by atoms with Gasteiger partial charge in [-0.15, -0.1) is 15.3 Å². The summed E-state index contributed by atoms with van der Waals surface area (Å²) in [6, 6.07) is 5.38.